The first kappa shape index (κ1) is 9.47. The van der Waals surface area contributed by atoms with E-state index in [0.717, 1.165) is 0 Å². The Morgan fingerprint density at radius 1 is 1.33 bits per heavy atom. The predicted octanol–water partition coefficient (Wildman–Crippen LogP) is 2.01. The fourth-order valence-electron chi connectivity index (χ4n) is 0.731. The van der Waals surface area contributed by atoms with Crippen molar-refractivity contribution in [2.24, 2.45) is 0 Å². The Hall–Kier alpha value is -0.620. The number of phenols is 1. The van der Waals surface area contributed by atoms with Gasteiger partial charge < -0.3 is 20.4 Å². The lowest BCUT2D eigenvalue weighted by Crippen LogP contribution is -1.97. The predicted molar refractivity (Wildman–Crippen MR) is 54.2 cm³/mol. The molecule has 0 aliphatic rings. The van der Waals surface area contributed by atoms with E-state index in [2.05, 4.69) is 32.2 Å². The van der Waals surface area contributed by atoms with Crippen LogP contribution in [0.5, 0.6) is 11.5 Å². The third-order valence-electron chi connectivity index (χ3n) is 1.37. The van der Waals surface area contributed by atoms with Gasteiger partial charge in [0.15, 0.2) is 22.0 Å². The lowest BCUT2D eigenvalue weighted by molar-refractivity contribution is 0.477. The highest BCUT2D eigenvalue weighted by atomic mass is 79.9. The van der Waals surface area contributed by atoms with Gasteiger partial charge in [0.05, 0.1) is 4.47 Å². The molecule has 1 rings (SSSR count). The topological polar surface area (TPSA) is 81.5 Å². The van der Waals surface area contributed by atoms with Gasteiger partial charge in [0.2, 0.25) is 0 Å². The van der Waals surface area contributed by atoms with Gasteiger partial charge in [-0.2, -0.15) is 0 Å². The van der Waals surface area contributed by atoms with Gasteiger partial charge in [-0.3, -0.25) is 0 Å². The monoisotopic (exact) mass is 296 g/mol. The van der Waals surface area contributed by atoms with Crippen LogP contribution < -0.4 is 15.3 Å². The summed E-state index contributed by atoms with van der Waals surface area (Å²) < 4.78 is 5.29. The van der Waals surface area contributed by atoms with Crippen molar-refractivity contribution in [2.45, 2.75) is 0 Å². The molecule has 0 heterocycles. The minimum absolute atomic E-state index is 0.0762. The number of benzene rings is 1. The van der Waals surface area contributed by atoms with Gasteiger partial charge in [0, 0.05) is 6.07 Å². The summed E-state index contributed by atoms with van der Waals surface area (Å²) in [7, 11) is 0. The summed E-state index contributed by atoms with van der Waals surface area (Å²) in [5.74, 6) is 0.276. The maximum atomic E-state index is 9.20. The second kappa shape index (κ2) is 3.40. The Morgan fingerprint density at radius 2 is 1.92 bits per heavy atom. The van der Waals surface area contributed by atoms with E-state index in [1.54, 1.807) is 0 Å². The molecule has 0 bridgehead atoms. The molecule has 0 radical (unpaired) electrons. The molecule has 4 nitrogen and oxygen atoms in total. The minimum Gasteiger partial charge on any atom is -0.506 e. The first-order chi connectivity index (χ1) is 5.57. The van der Waals surface area contributed by atoms with Crippen molar-refractivity contribution in [3.05, 3.63) is 10.5 Å². The van der Waals surface area contributed by atoms with E-state index in [1.165, 1.54) is 6.07 Å². The van der Waals surface area contributed by atoms with Crippen molar-refractivity contribution >= 4 is 43.6 Å². The molecule has 0 aliphatic heterocycles. The summed E-state index contributed by atoms with van der Waals surface area (Å²) in [6.45, 7) is 0. The quantitative estimate of drug-likeness (QED) is 0.547. The number of hydrogen-bond donors (Lipinski definition) is 3. The van der Waals surface area contributed by atoms with Gasteiger partial charge in [0.1, 0.15) is 17.1 Å². The van der Waals surface area contributed by atoms with E-state index < -0.39 is 0 Å². The van der Waals surface area contributed by atoms with Crippen LogP contribution in [0.2, 0.25) is 0 Å². The van der Waals surface area contributed by atoms with E-state index in [4.69, 9.17) is 15.3 Å². The molecule has 0 fully saturated rings. The number of anilines is 2. The summed E-state index contributed by atoms with van der Waals surface area (Å²) in [6, 6.07) is 1.41. The van der Waals surface area contributed by atoms with Crippen LogP contribution in [0.3, 0.4) is 0 Å². The van der Waals surface area contributed by atoms with Crippen molar-refractivity contribution in [3.8, 4) is 11.5 Å². The molecule has 0 saturated heterocycles. The second-order valence-electron chi connectivity index (χ2n) is 2.11. The highest BCUT2D eigenvalue weighted by molar-refractivity contribution is 9.10. The molecule has 12 heavy (non-hydrogen) atoms. The van der Waals surface area contributed by atoms with E-state index in [-0.39, 0.29) is 17.1 Å². The van der Waals surface area contributed by atoms with Gasteiger partial charge >= 0.3 is 0 Å². The van der Waals surface area contributed by atoms with Crippen molar-refractivity contribution in [1.82, 2.24) is 0 Å². The fraction of sp³-hybridized carbons (Fsp3) is 0. The normalized spacial score (nSPS) is 9.83. The molecular weight excluding hydrogens is 292 g/mol. The molecule has 0 unspecified atom stereocenters. The van der Waals surface area contributed by atoms with Crippen LogP contribution >= 0.6 is 32.2 Å². The molecule has 0 atom stereocenters. The van der Waals surface area contributed by atoms with Crippen LogP contribution in [0.25, 0.3) is 0 Å². The first-order valence-electron chi connectivity index (χ1n) is 2.93. The van der Waals surface area contributed by atoms with Crippen molar-refractivity contribution in [1.29, 1.82) is 0 Å². The molecule has 0 aliphatic carbocycles. The van der Waals surface area contributed by atoms with Gasteiger partial charge in [-0.05, 0) is 15.9 Å². The number of rotatable bonds is 1. The standard InChI is InChI=1S/C6H6Br2N2O2/c7-2-1-3(11)4(9)5(10)6(2)12-8/h1,11H,9-10H2. The Labute approximate surface area is 86.1 Å². The van der Waals surface area contributed by atoms with Crippen molar-refractivity contribution in [2.75, 3.05) is 11.5 Å². The number of halogens is 2. The zero-order chi connectivity index (χ0) is 9.30. The van der Waals surface area contributed by atoms with Gasteiger partial charge in [-0.25, -0.2) is 0 Å². The lowest BCUT2D eigenvalue weighted by Gasteiger charge is -2.08. The van der Waals surface area contributed by atoms with Crippen LogP contribution in [-0.2, 0) is 0 Å². The van der Waals surface area contributed by atoms with Crippen LogP contribution in [0.15, 0.2) is 10.5 Å². The number of nitrogen functional groups attached to an aromatic ring is 2. The summed E-state index contributed by atoms with van der Waals surface area (Å²) in [5, 5.41) is 9.20. The van der Waals surface area contributed by atoms with E-state index in [1.807, 2.05) is 0 Å². The minimum atomic E-state index is -0.0762. The van der Waals surface area contributed by atoms with Crippen molar-refractivity contribution in [3.63, 3.8) is 0 Å². The van der Waals surface area contributed by atoms with Gasteiger partial charge in [0.25, 0.3) is 0 Å². The maximum absolute atomic E-state index is 9.20. The number of nitrogens with two attached hydrogens (primary N) is 2. The molecular formula is C6H6Br2N2O2. The van der Waals surface area contributed by atoms with Crippen LogP contribution in [0.4, 0.5) is 11.4 Å². The lowest BCUT2D eigenvalue weighted by atomic mass is 10.2. The van der Waals surface area contributed by atoms with Crippen molar-refractivity contribution < 1.29 is 8.93 Å². The Balaban J connectivity index is 3.40. The zero-order valence-corrected chi connectivity index (χ0v) is 9.02. The fourth-order valence-corrected chi connectivity index (χ4v) is 1.81. The summed E-state index contributed by atoms with van der Waals surface area (Å²) >= 11 is 5.91. The molecule has 1 aromatic carbocycles. The number of aromatic hydroxyl groups is 1. The average Bonchev–Trinajstić information content (AvgIpc) is 2.01. The molecule has 0 aromatic heterocycles. The molecule has 1 aromatic rings. The van der Waals surface area contributed by atoms with Gasteiger partial charge in [-0.15, -0.1) is 0 Å². The third-order valence-corrected chi connectivity index (χ3v) is 2.28. The Morgan fingerprint density at radius 3 is 2.42 bits per heavy atom. The van der Waals surface area contributed by atoms with E-state index in [0.29, 0.717) is 10.2 Å². The molecule has 6 heteroatoms. The first-order valence-corrected chi connectivity index (χ1v) is 4.37. The average molecular weight is 298 g/mol. The molecule has 0 amide bonds. The molecule has 0 saturated carbocycles. The highest BCUT2D eigenvalue weighted by Crippen LogP contribution is 2.41. The Bertz CT molecular complexity index is 317. The third kappa shape index (κ3) is 1.44. The molecule has 5 N–H and O–H groups in total. The molecule has 66 valence electrons. The van der Waals surface area contributed by atoms with E-state index in [9.17, 15) is 5.11 Å². The second-order valence-corrected chi connectivity index (χ2v) is 3.29. The number of phenolic OH excluding ortho intramolecular Hbond substituents is 1. The maximum Gasteiger partial charge on any atom is 0.179 e. The Kier molecular flexibility index (Phi) is 2.69. The van der Waals surface area contributed by atoms with Crippen LogP contribution in [0.1, 0.15) is 0 Å². The molecule has 0 spiro atoms. The van der Waals surface area contributed by atoms with Gasteiger partial charge in [-0.1, -0.05) is 0 Å². The van der Waals surface area contributed by atoms with Crippen LogP contribution in [-0.4, -0.2) is 5.11 Å². The van der Waals surface area contributed by atoms with Crippen LogP contribution in [0, 0.1) is 0 Å². The summed E-state index contributed by atoms with van der Waals surface area (Å²) in [4.78, 5) is 0. The highest BCUT2D eigenvalue weighted by Gasteiger charge is 2.12. The van der Waals surface area contributed by atoms with E-state index >= 15 is 0 Å². The smallest absolute Gasteiger partial charge is 0.179 e. The summed E-state index contributed by atoms with van der Waals surface area (Å²) in [6.07, 6.45) is 0. The zero-order valence-electron chi connectivity index (χ0n) is 5.84. The number of hydrogen-bond acceptors (Lipinski definition) is 4. The summed E-state index contributed by atoms with van der Waals surface area (Å²) in [5.41, 5.74) is 11.3. The largest absolute Gasteiger partial charge is 0.506 e. The SMILES string of the molecule is Nc1c(O)cc(Br)c(OBr)c1N.